The van der Waals surface area contributed by atoms with Crippen LogP contribution in [0.25, 0.3) is 0 Å². The molecule has 1 aromatic heterocycles. The molecule has 5 nitrogen and oxygen atoms in total. The number of nitrogens with zero attached hydrogens (tertiary/aromatic N) is 2. The molecular weight excluding hydrogens is 286 g/mol. The molecule has 2 atom stereocenters. The molecule has 3 rings (SSSR count). The number of hydrogen-bond acceptors (Lipinski definition) is 4. The van der Waals surface area contributed by atoms with Crippen LogP contribution < -0.4 is 5.32 Å². The lowest BCUT2D eigenvalue weighted by atomic mass is 9.82. The van der Waals surface area contributed by atoms with Crippen molar-refractivity contribution in [3.63, 3.8) is 0 Å². The van der Waals surface area contributed by atoms with Gasteiger partial charge in [-0.3, -0.25) is 9.59 Å². The van der Waals surface area contributed by atoms with Gasteiger partial charge in [-0.05, 0) is 25.7 Å². The monoisotopic (exact) mass is 307 g/mol. The van der Waals surface area contributed by atoms with Crippen LogP contribution in [0.1, 0.15) is 44.7 Å². The number of rotatable bonds is 3. The Balaban J connectivity index is 1.77. The van der Waals surface area contributed by atoms with E-state index in [1.807, 2.05) is 5.38 Å². The van der Waals surface area contributed by atoms with E-state index in [0.717, 1.165) is 31.4 Å². The van der Waals surface area contributed by atoms with E-state index in [9.17, 15) is 9.59 Å². The van der Waals surface area contributed by atoms with Crippen molar-refractivity contribution < 1.29 is 9.59 Å². The standard InChI is InChI=1S/C15H21N3O2S/c1-10-14(19)17-13(11-5-3-2-4-6-11)15(20)18(10)7-12-8-21-9-16-12/h8-11,13H,2-7H2,1H3,(H,17,19). The van der Waals surface area contributed by atoms with E-state index in [0.29, 0.717) is 12.5 Å². The summed E-state index contributed by atoms with van der Waals surface area (Å²) in [4.78, 5) is 30.9. The van der Waals surface area contributed by atoms with Crippen LogP contribution in [0.2, 0.25) is 0 Å². The summed E-state index contributed by atoms with van der Waals surface area (Å²) in [6, 6.07) is -0.758. The van der Waals surface area contributed by atoms with Crippen molar-refractivity contribution in [3.05, 3.63) is 16.6 Å². The van der Waals surface area contributed by atoms with E-state index in [-0.39, 0.29) is 17.9 Å². The molecule has 2 amide bonds. The highest BCUT2D eigenvalue weighted by molar-refractivity contribution is 7.07. The van der Waals surface area contributed by atoms with Crippen molar-refractivity contribution >= 4 is 23.2 Å². The number of hydrogen-bond donors (Lipinski definition) is 1. The summed E-state index contributed by atoms with van der Waals surface area (Å²) in [6.45, 7) is 2.22. The molecule has 1 saturated heterocycles. The van der Waals surface area contributed by atoms with Crippen LogP contribution >= 0.6 is 11.3 Å². The fraction of sp³-hybridized carbons (Fsp3) is 0.667. The van der Waals surface area contributed by atoms with Crippen molar-refractivity contribution in [1.82, 2.24) is 15.2 Å². The molecule has 1 aliphatic carbocycles. The van der Waals surface area contributed by atoms with Gasteiger partial charge in [-0.1, -0.05) is 19.3 Å². The van der Waals surface area contributed by atoms with Gasteiger partial charge in [0.05, 0.1) is 17.7 Å². The van der Waals surface area contributed by atoms with Crippen LogP contribution in [0.3, 0.4) is 0 Å². The van der Waals surface area contributed by atoms with E-state index >= 15 is 0 Å². The van der Waals surface area contributed by atoms with Crippen molar-refractivity contribution in [2.45, 2.75) is 57.7 Å². The van der Waals surface area contributed by atoms with Gasteiger partial charge in [0.1, 0.15) is 12.1 Å². The van der Waals surface area contributed by atoms with Crippen LogP contribution in [-0.2, 0) is 16.1 Å². The van der Waals surface area contributed by atoms with Crippen LogP contribution in [0.15, 0.2) is 10.9 Å². The molecule has 0 spiro atoms. The number of carbonyl (C=O) groups is 2. The first-order chi connectivity index (χ1) is 10.2. The molecule has 2 heterocycles. The Morgan fingerprint density at radius 3 is 2.76 bits per heavy atom. The number of amides is 2. The Bertz CT molecular complexity index is 511. The van der Waals surface area contributed by atoms with Gasteiger partial charge in [0, 0.05) is 5.38 Å². The summed E-state index contributed by atoms with van der Waals surface area (Å²) in [7, 11) is 0. The molecule has 1 N–H and O–H groups in total. The third-order valence-electron chi connectivity index (χ3n) is 4.63. The predicted molar refractivity (Wildman–Crippen MR) is 80.6 cm³/mol. The lowest BCUT2D eigenvalue weighted by Gasteiger charge is -2.41. The maximum atomic E-state index is 12.8. The first-order valence-electron chi connectivity index (χ1n) is 7.64. The van der Waals surface area contributed by atoms with Gasteiger partial charge >= 0.3 is 0 Å². The van der Waals surface area contributed by atoms with E-state index < -0.39 is 6.04 Å². The van der Waals surface area contributed by atoms with Crippen LogP contribution in [0, 0.1) is 5.92 Å². The normalized spacial score (nSPS) is 27.8. The predicted octanol–water partition coefficient (Wildman–Crippen LogP) is 1.94. The van der Waals surface area contributed by atoms with E-state index in [2.05, 4.69) is 10.3 Å². The highest BCUT2D eigenvalue weighted by Gasteiger charge is 2.42. The van der Waals surface area contributed by atoms with Gasteiger partial charge < -0.3 is 10.2 Å². The van der Waals surface area contributed by atoms with Gasteiger partial charge in [0.25, 0.3) is 0 Å². The molecule has 114 valence electrons. The minimum atomic E-state index is -0.418. The molecule has 1 aromatic rings. The van der Waals surface area contributed by atoms with E-state index in [1.165, 1.54) is 17.8 Å². The summed E-state index contributed by atoms with van der Waals surface area (Å²) in [5, 5.41) is 4.88. The van der Waals surface area contributed by atoms with Gasteiger partial charge in [-0.25, -0.2) is 4.98 Å². The number of thiazole rings is 1. The summed E-state index contributed by atoms with van der Waals surface area (Å²) in [5.74, 6) is 0.308. The van der Waals surface area contributed by atoms with Crippen molar-refractivity contribution in [1.29, 1.82) is 0 Å². The van der Waals surface area contributed by atoms with E-state index in [1.54, 1.807) is 17.3 Å². The van der Waals surface area contributed by atoms with Crippen LogP contribution in [0.5, 0.6) is 0 Å². The zero-order valence-corrected chi connectivity index (χ0v) is 13.1. The number of piperazine rings is 1. The zero-order valence-electron chi connectivity index (χ0n) is 12.2. The summed E-state index contributed by atoms with van der Waals surface area (Å²) in [6.07, 6.45) is 5.63. The second kappa shape index (κ2) is 6.13. The van der Waals surface area contributed by atoms with Crippen molar-refractivity contribution in [3.8, 4) is 0 Å². The van der Waals surface area contributed by atoms with Crippen LogP contribution in [0.4, 0.5) is 0 Å². The fourth-order valence-corrected chi connectivity index (χ4v) is 3.89. The van der Waals surface area contributed by atoms with Gasteiger partial charge in [-0.2, -0.15) is 0 Å². The third kappa shape index (κ3) is 2.95. The maximum Gasteiger partial charge on any atom is 0.246 e. The molecule has 6 heteroatoms. The molecule has 1 aliphatic heterocycles. The molecule has 21 heavy (non-hydrogen) atoms. The van der Waals surface area contributed by atoms with Gasteiger partial charge in [0.2, 0.25) is 11.8 Å². The number of nitrogens with one attached hydrogen (secondary N) is 1. The fourth-order valence-electron chi connectivity index (χ4n) is 3.34. The molecule has 0 radical (unpaired) electrons. The average molecular weight is 307 g/mol. The lowest BCUT2D eigenvalue weighted by Crippen LogP contribution is -2.64. The Labute approximate surface area is 128 Å². The Morgan fingerprint density at radius 2 is 2.10 bits per heavy atom. The zero-order chi connectivity index (χ0) is 14.8. The third-order valence-corrected chi connectivity index (χ3v) is 5.27. The average Bonchev–Trinajstić information content (AvgIpc) is 3.01. The molecular formula is C15H21N3O2S. The van der Waals surface area contributed by atoms with Gasteiger partial charge in [0.15, 0.2) is 0 Å². The van der Waals surface area contributed by atoms with Crippen LogP contribution in [-0.4, -0.2) is 33.8 Å². The molecule has 2 aliphatic rings. The number of carbonyl (C=O) groups excluding carboxylic acids is 2. The Kier molecular flexibility index (Phi) is 4.24. The first-order valence-corrected chi connectivity index (χ1v) is 8.59. The second-order valence-electron chi connectivity index (χ2n) is 6.01. The smallest absolute Gasteiger partial charge is 0.246 e. The topological polar surface area (TPSA) is 62.3 Å². The highest BCUT2D eigenvalue weighted by Crippen LogP contribution is 2.29. The summed E-state index contributed by atoms with van der Waals surface area (Å²) >= 11 is 1.51. The SMILES string of the molecule is CC1C(=O)NC(C2CCCCC2)C(=O)N1Cc1cscn1. The minimum absolute atomic E-state index is 0.0413. The maximum absolute atomic E-state index is 12.8. The van der Waals surface area contributed by atoms with Crippen molar-refractivity contribution in [2.24, 2.45) is 5.92 Å². The summed E-state index contributed by atoms with van der Waals surface area (Å²) < 4.78 is 0. The molecule has 0 bridgehead atoms. The summed E-state index contributed by atoms with van der Waals surface area (Å²) in [5.41, 5.74) is 2.62. The molecule has 1 saturated carbocycles. The van der Waals surface area contributed by atoms with Crippen molar-refractivity contribution in [2.75, 3.05) is 0 Å². The quantitative estimate of drug-likeness (QED) is 0.928. The second-order valence-corrected chi connectivity index (χ2v) is 6.72. The first kappa shape index (κ1) is 14.5. The van der Waals surface area contributed by atoms with E-state index in [4.69, 9.17) is 0 Å². The lowest BCUT2D eigenvalue weighted by molar-refractivity contribution is -0.151. The highest BCUT2D eigenvalue weighted by atomic mass is 32.1. The largest absolute Gasteiger partial charge is 0.342 e. The minimum Gasteiger partial charge on any atom is -0.342 e. The Morgan fingerprint density at radius 1 is 1.33 bits per heavy atom. The Hall–Kier alpha value is -1.43. The molecule has 2 fully saturated rings. The number of aromatic nitrogens is 1. The van der Waals surface area contributed by atoms with Gasteiger partial charge in [-0.15, -0.1) is 11.3 Å². The molecule has 2 unspecified atom stereocenters. The molecule has 0 aromatic carbocycles.